The molecule has 1 aromatic rings. The van der Waals surface area contributed by atoms with Gasteiger partial charge in [0.1, 0.15) is 5.56 Å². The average molecular weight is 317 g/mol. The Kier molecular flexibility index (Phi) is 3.85. The number of carbonyl (C=O) groups excluding carboxylic acids is 2. The number of nitrogens with one attached hydrogen (secondary N) is 2. The summed E-state index contributed by atoms with van der Waals surface area (Å²) in [7, 11) is 0. The van der Waals surface area contributed by atoms with Gasteiger partial charge in [0.05, 0.1) is 9.93 Å². The van der Waals surface area contributed by atoms with Crippen LogP contribution in [0.3, 0.4) is 0 Å². The van der Waals surface area contributed by atoms with Gasteiger partial charge in [-0.05, 0) is 12.8 Å². The minimum absolute atomic E-state index is 0.00480. The van der Waals surface area contributed by atoms with E-state index in [-0.39, 0.29) is 6.04 Å². The number of rotatable bonds is 3. The monoisotopic (exact) mass is 316 g/mol. The topological polar surface area (TPSA) is 139 Å². The van der Waals surface area contributed by atoms with Crippen molar-refractivity contribution in [3.8, 4) is 11.5 Å². The van der Waals surface area contributed by atoms with Crippen LogP contribution in [0.15, 0.2) is 6.07 Å². The van der Waals surface area contributed by atoms with Gasteiger partial charge in [-0.2, -0.15) is 0 Å². The van der Waals surface area contributed by atoms with Crippen molar-refractivity contribution in [1.29, 1.82) is 0 Å². The van der Waals surface area contributed by atoms with Crippen LogP contribution in [0.1, 0.15) is 23.2 Å². The Morgan fingerprint density at radius 1 is 1.33 bits per heavy atom. The molecule has 0 aliphatic heterocycles. The normalized spacial score (nSPS) is 13.6. The van der Waals surface area contributed by atoms with Crippen LogP contribution in [0.25, 0.3) is 0 Å². The van der Waals surface area contributed by atoms with Crippen LogP contribution in [0.2, 0.25) is 5.02 Å². The summed E-state index contributed by atoms with van der Waals surface area (Å²) in [6.45, 7) is 0. The molecular weight excluding hydrogens is 306 g/mol. The van der Waals surface area contributed by atoms with Crippen LogP contribution in [-0.4, -0.2) is 38.3 Å². The van der Waals surface area contributed by atoms with Gasteiger partial charge in [0.25, 0.3) is 10.8 Å². The molecule has 0 radical (unpaired) electrons. The highest BCUT2D eigenvalue weighted by Gasteiger charge is 2.35. The number of urea groups is 1. The quantitative estimate of drug-likeness (QED) is 0.419. The van der Waals surface area contributed by atoms with E-state index in [0.717, 1.165) is 18.9 Å². The van der Waals surface area contributed by atoms with Crippen molar-refractivity contribution in [1.82, 2.24) is 10.6 Å². The van der Waals surface area contributed by atoms with Crippen LogP contribution < -0.4 is 10.6 Å². The van der Waals surface area contributed by atoms with Crippen molar-refractivity contribution >= 4 is 29.2 Å². The fraction of sp³-hybridized carbons (Fsp3) is 0.273. The molecule has 2 rings (SSSR count). The molecule has 0 aromatic heterocycles. The molecule has 0 saturated heterocycles. The number of hydrogen-bond acceptors (Lipinski definition) is 5. The smallest absolute Gasteiger partial charge is 0.375 e. The van der Waals surface area contributed by atoms with E-state index in [2.05, 4.69) is 5.32 Å². The first kappa shape index (κ1) is 14.9. The van der Waals surface area contributed by atoms with E-state index < -0.39 is 44.6 Å². The number of nitrogens with zero attached hydrogens (tertiary/aromatic N) is 1. The Morgan fingerprint density at radius 2 is 1.95 bits per heavy atom. The standard InChI is InChI=1S/C11H10ClN3O6/c12-5-3-6(16)9(17)8(15(20)21)7(5)10(18)14-11(19)13-4-1-2-4/h3-4H,1-2H2,(H4-,13,14,16,17,18,19,20,21)/p+1. The first-order valence-corrected chi connectivity index (χ1v) is 6.21. The average Bonchev–Trinajstić information content (AvgIpc) is 3.16. The minimum Gasteiger partial charge on any atom is -0.504 e. The molecule has 1 aromatic carbocycles. The second-order valence-electron chi connectivity index (χ2n) is 4.42. The lowest BCUT2D eigenvalue weighted by Crippen LogP contribution is -2.40. The summed E-state index contributed by atoms with van der Waals surface area (Å²) in [6, 6.07) is -0.000271. The van der Waals surface area contributed by atoms with Crippen molar-refractivity contribution in [3.63, 3.8) is 0 Å². The van der Waals surface area contributed by atoms with Gasteiger partial charge in [0.15, 0.2) is 5.75 Å². The third-order valence-corrected chi connectivity index (χ3v) is 3.06. The molecule has 5 N–H and O–H groups in total. The molecule has 0 heterocycles. The number of amides is 3. The SMILES string of the molecule is O=C(NC(=O)c1c(Cl)cc(O)c(O)c1[N+](=O)O)NC1CC1. The van der Waals surface area contributed by atoms with Crippen LogP contribution in [-0.2, 0) is 0 Å². The number of hydrogen-bond donors (Lipinski definition) is 5. The zero-order chi connectivity index (χ0) is 15.7. The summed E-state index contributed by atoms with van der Waals surface area (Å²) in [5.74, 6) is -2.95. The van der Waals surface area contributed by atoms with E-state index >= 15 is 0 Å². The first-order chi connectivity index (χ1) is 9.81. The summed E-state index contributed by atoms with van der Waals surface area (Å²) < 4.78 is 0. The highest BCUT2D eigenvalue weighted by atomic mass is 35.5. The van der Waals surface area contributed by atoms with E-state index in [0.29, 0.717) is 0 Å². The van der Waals surface area contributed by atoms with Gasteiger partial charge >= 0.3 is 11.7 Å². The zero-order valence-electron chi connectivity index (χ0n) is 10.5. The summed E-state index contributed by atoms with van der Waals surface area (Å²) in [4.78, 5) is 33.6. The molecule has 21 heavy (non-hydrogen) atoms. The van der Waals surface area contributed by atoms with Crippen molar-refractivity contribution in [3.05, 3.63) is 21.6 Å². The highest BCUT2D eigenvalue weighted by molar-refractivity contribution is 6.35. The molecule has 1 saturated carbocycles. The molecule has 10 heteroatoms. The third-order valence-electron chi connectivity index (χ3n) is 2.76. The van der Waals surface area contributed by atoms with Crippen LogP contribution in [0.4, 0.5) is 10.5 Å². The van der Waals surface area contributed by atoms with Gasteiger partial charge in [-0.1, -0.05) is 11.6 Å². The Hall–Kier alpha value is -2.55. The number of imide groups is 1. The van der Waals surface area contributed by atoms with Gasteiger partial charge in [-0.15, -0.1) is 0 Å². The van der Waals surface area contributed by atoms with Crippen LogP contribution in [0.5, 0.6) is 11.5 Å². The van der Waals surface area contributed by atoms with Gasteiger partial charge in [0, 0.05) is 12.1 Å². The number of phenolic OH excluding ortho intramolecular Hbond substituents is 2. The number of phenols is 2. The maximum atomic E-state index is 11.9. The Bertz CT molecular complexity index is 643. The lowest BCUT2D eigenvalue weighted by atomic mass is 10.1. The van der Waals surface area contributed by atoms with E-state index in [9.17, 15) is 24.7 Å². The Morgan fingerprint density at radius 3 is 2.48 bits per heavy atom. The van der Waals surface area contributed by atoms with Gasteiger partial charge < -0.3 is 15.5 Å². The van der Waals surface area contributed by atoms with Gasteiger partial charge in [0.2, 0.25) is 5.75 Å². The molecule has 0 unspecified atom stereocenters. The molecule has 9 nitrogen and oxygen atoms in total. The highest BCUT2D eigenvalue weighted by Crippen LogP contribution is 2.41. The fourth-order valence-electron chi connectivity index (χ4n) is 1.63. The summed E-state index contributed by atoms with van der Waals surface area (Å²) in [5.41, 5.74) is -1.60. The molecule has 3 amide bonds. The number of carbonyl (C=O) groups is 2. The Labute approximate surface area is 122 Å². The molecule has 0 spiro atoms. The second kappa shape index (κ2) is 5.44. The largest absolute Gasteiger partial charge is 0.504 e. The maximum Gasteiger partial charge on any atom is 0.375 e. The second-order valence-corrected chi connectivity index (χ2v) is 4.83. The lowest BCUT2D eigenvalue weighted by Gasteiger charge is -2.07. The van der Waals surface area contributed by atoms with Gasteiger partial charge in [-0.3, -0.25) is 10.1 Å². The molecule has 1 fully saturated rings. The van der Waals surface area contributed by atoms with E-state index in [4.69, 9.17) is 16.8 Å². The number of aromatic hydroxyl groups is 2. The zero-order valence-corrected chi connectivity index (χ0v) is 11.2. The van der Waals surface area contributed by atoms with E-state index in [1.165, 1.54) is 0 Å². The van der Waals surface area contributed by atoms with Crippen molar-refractivity contribution < 1.29 is 29.9 Å². The molecule has 1 aliphatic carbocycles. The third kappa shape index (κ3) is 3.14. The van der Waals surface area contributed by atoms with Crippen molar-refractivity contribution in [2.24, 2.45) is 0 Å². The summed E-state index contributed by atoms with van der Waals surface area (Å²) >= 11 is 5.71. The molecular formula is C11H11ClN3O6+. The molecule has 1 aliphatic rings. The van der Waals surface area contributed by atoms with Crippen molar-refractivity contribution in [2.45, 2.75) is 18.9 Å². The van der Waals surface area contributed by atoms with Crippen LogP contribution in [0, 0.1) is 4.91 Å². The first-order valence-electron chi connectivity index (χ1n) is 5.83. The van der Waals surface area contributed by atoms with Crippen molar-refractivity contribution in [2.75, 3.05) is 0 Å². The predicted molar refractivity (Wildman–Crippen MR) is 68.9 cm³/mol. The molecule has 112 valence electrons. The molecule has 0 atom stereocenters. The summed E-state index contributed by atoms with van der Waals surface area (Å²) in [6.07, 6.45) is 1.61. The molecule has 0 bridgehead atoms. The van der Waals surface area contributed by atoms with E-state index in [1.807, 2.05) is 5.32 Å². The summed E-state index contributed by atoms with van der Waals surface area (Å²) in [5, 5.41) is 31.7. The maximum absolute atomic E-state index is 11.9. The Balaban J connectivity index is 2.32. The lowest BCUT2D eigenvalue weighted by molar-refractivity contribution is -0.730. The van der Waals surface area contributed by atoms with Gasteiger partial charge in [-0.25, -0.2) is 10.0 Å². The van der Waals surface area contributed by atoms with Crippen LogP contribution >= 0.6 is 11.6 Å². The van der Waals surface area contributed by atoms with E-state index in [1.54, 1.807) is 0 Å². The minimum atomic E-state index is -1.11. The predicted octanol–water partition coefficient (Wildman–Crippen LogP) is 1.15. The number of halogens is 1. The number of benzene rings is 1. The fourth-order valence-corrected chi connectivity index (χ4v) is 1.91.